The summed E-state index contributed by atoms with van der Waals surface area (Å²) < 4.78 is 22.2. The van der Waals surface area contributed by atoms with Crippen LogP contribution in [0.15, 0.2) is 24.3 Å². The Morgan fingerprint density at radius 2 is 1.21 bits per heavy atom. The van der Waals surface area contributed by atoms with Crippen molar-refractivity contribution in [1.82, 2.24) is 5.32 Å². The molecule has 1 amide bonds. The average Bonchev–Trinajstić information content (AvgIpc) is 3.14. The highest BCUT2D eigenvalue weighted by Crippen LogP contribution is 2.29. The van der Waals surface area contributed by atoms with Crippen molar-refractivity contribution in [2.75, 3.05) is 19.8 Å². The minimum atomic E-state index is -1.78. The smallest absolute Gasteiger partial charge is 0.220 e. The van der Waals surface area contributed by atoms with Crippen LogP contribution in [0.1, 0.15) is 117 Å². The van der Waals surface area contributed by atoms with Crippen LogP contribution in [0, 0.1) is 0 Å². The summed E-state index contributed by atoms with van der Waals surface area (Å²) in [6.07, 6.45) is 9.31. The van der Waals surface area contributed by atoms with Crippen LogP contribution in [-0.2, 0) is 23.7 Å². The van der Waals surface area contributed by atoms with Crippen molar-refractivity contribution in [3.63, 3.8) is 0 Å². The van der Waals surface area contributed by atoms with Gasteiger partial charge < -0.3 is 65.1 Å². The summed E-state index contributed by atoms with van der Waals surface area (Å²) in [6.45, 7) is 2.16. The van der Waals surface area contributed by atoms with Crippen LogP contribution >= 0.6 is 0 Å². The zero-order valence-electron chi connectivity index (χ0n) is 31.3. The first-order chi connectivity index (χ1) is 25.1. The number of carbonyl (C=O) groups excluding carboxylic acids is 1. The van der Waals surface area contributed by atoms with Crippen LogP contribution in [0.5, 0.6) is 0 Å². The molecule has 0 aliphatic carbocycles. The molecule has 2 rings (SSSR count). The Kier molecular flexibility index (Phi) is 24.3. The Labute approximate surface area is 309 Å². The fourth-order valence-corrected chi connectivity index (χ4v) is 6.33. The van der Waals surface area contributed by atoms with E-state index in [2.05, 4.69) is 24.4 Å². The molecule has 12 atom stereocenters. The van der Waals surface area contributed by atoms with Crippen molar-refractivity contribution in [1.29, 1.82) is 0 Å². The first-order valence-electron chi connectivity index (χ1n) is 19.6. The van der Waals surface area contributed by atoms with E-state index in [4.69, 9.17) is 18.9 Å². The Morgan fingerprint density at radius 3 is 1.81 bits per heavy atom. The van der Waals surface area contributed by atoms with Gasteiger partial charge in [-0.25, -0.2) is 0 Å². The number of hydrogen-bond acceptors (Lipinski definition) is 13. The zero-order chi connectivity index (χ0) is 38.3. The van der Waals surface area contributed by atoms with Crippen molar-refractivity contribution in [3.05, 3.63) is 24.3 Å². The number of unbranched alkanes of at least 4 members (excludes halogenated alkanes) is 13. The third kappa shape index (κ3) is 16.5. The molecule has 9 N–H and O–H groups in total. The molecule has 12 unspecified atom stereocenters. The molecule has 0 radical (unpaired) electrons. The SMILES string of the molecule is CCCCCCCCCCCCCC/C=C/CC/C=C/C(O)C(COC1OC(CO)C(OC2OC(CO)C(O)C(O)C2O)C(O)C1O)NC(=O)CC. The summed E-state index contributed by atoms with van der Waals surface area (Å²) in [5.74, 6) is -0.340. The van der Waals surface area contributed by atoms with E-state index in [1.54, 1.807) is 13.0 Å². The van der Waals surface area contributed by atoms with Crippen LogP contribution < -0.4 is 5.32 Å². The van der Waals surface area contributed by atoms with Gasteiger partial charge in [-0.2, -0.15) is 0 Å². The second-order valence-electron chi connectivity index (χ2n) is 14.0. The molecule has 52 heavy (non-hydrogen) atoms. The van der Waals surface area contributed by atoms with Gasteiger partial charge in [0.25, 0.3) is 0 Å². The third-order valence-corrected chi connectivity index (χ3v) is 9.70. The van der Waals surface area contributed by atoms with Gasteiger partial charge in [0, 0.05) is 6.42 Å². The Morgan fingerprint density at radius 1 is 0.673 bits per heavy atom. The Bertz CT molecular complexity index is 983. The second kappa shape index (κ2) is 27.1. The molecule has 2 fully saturated rings. The van der Waals surface area contributed by atoms with Gasteiger partial charge in [0.2, 0.25) is 5.91 Å². The number of hydrogen-bond donors (Lipinski definition) is 9. The fraction of sp³-hybridized carbons (Fsp3) is 0.868. The summed E-state index contributed by atoms with van der Waals surface area (Å²) in [6, 6.07) is -0.923. The summed E-state index contributed by atoms with van der Waals surface area (Å²) >= 11 is 0. The van der Waals surface area contributed by atoms with Crippen molar-refractivity contribution in [2.24, 2.45) is 0 Å². The number of amides is 1. The molecule has 14 heteroatoms. The predicted molar refractivity (Wildman–Crippen MR) is 194 cm³/mol. The molecule has 14 nitrogen and oxygen atoms in total. The van der Waals surface area contributed by atoms with Gasteiger partial charge in [-0.15, -0.1) is 0 Å². The number of ether oxygens (including phenoxy) is 4. The Hall–Kier alpha value is -1.53. The van der Waals surface area contributed by atoms with Crippen LogP contribution in [0.3, 0.4) is 0 Å². The lowest BCUT2D eigenvalue weighted by Crippen LogP contribution is -2.65. The largest absolute Gasteiger partial charge is 0.394 e. The maximum atomic E-state index is 12.2. The molecule has 0 aromatic rings. The number of aliphatic hydroxyl groups is 8. The third-order valence-electron chi connectivity index (χ3n) is 9.70. The molecule has 0 bridgehead atoms. The summed E-state index contributed by atoms with van der Waals surface area (Å²) in [5, 5.41) is 85.0. The van der Waals surface area contributed by atoms with Crippen molar-refractivity contribution in [3.8, 4) is 0 Å². The molecule has 2 saturated heterocycles. The molecule has 304 valence electrons. The van der Waals surface area contributed by atoms with Crippen molar-refractivity contribution < 1.29 is 64.6 Å². The number of aliphatic hydroxyl groups excluding tert-OH is 8. The second-order valence-corrected chi connectivity index (χ2v) is 14.0. The molecule has 2 aliphatic heterocycles. The lowest BCUT2D eigenvalue weighted by Gasteiger charge is -2.46. The van der Waals surface area contributed by atoms with Crippen LogP contribution in [0.25, 0.3) is 0 Å². The van der Waals surface area contributed by atoms with Gasteiger partial charge in [-0.1, -0.05) is 109 Å². The fourth-order valence-electron chi connectivity index (χ4n) is 6.33. The first kappa shape index (κ1) is 46.6. The summed E-state index contributed by atoms with van der Waals surface area (Å²) in [5.41, 5.74) is 0. The van der Waals surface area contributed by atoms with E-state index < -0.39 is 86.8 Å². The van der Waals surface area contributed by atoms with Gasteiger partial charge in [-0.05, 0) is 25.7 Å². The van der Waals surface area contributed by atoms with Crippen molar-refractivity contribution in [2.45, 2.75) is 190 Å². The van der Waals surface area contributed by atoms with Crippen molar-refractivity contribution >= 4 is 5.91 Å². The van der Waals surface area contributed by atoms with Crippen LogP contribution in [-0.4, -0.2) is 140 Å². The highest BCUT2D eigenvalue weighted by molar-refractivity contribution is 5.75. The van der Waals surface area contributed by atoms with Gasteiger partial charge in [0.1, 0.15) is 48.8 Å². The molecular formula is C38H69NO13. The van der Waals surface area contributed by atoms with E-state index in [1.165, 1.54) is 77.0 Å². The monoisotopic (exact) mass is 747 g/mol. The molecule has 0 spiro atoms. The van der Waals surface area contributed by atoms with E-state index >= 15 is 0 Å². The van der Waals surface area contributed by atoms with E-state index in [1.807, 2.05) is 6.08 Å². The van der Waals surface area contributed by atoms with Gasteiger partial charge in [0.15, 0.2) is 12.6 Å². The van der Waals surface area contributed by atoms with E-state index in [0.29, 0.717) is 6.42 Å². The maximum Gasteiger partial charge on any atom is 0.220 e. The quantitative estimate of drug-likeness (QED) is 0.0433. The van der Waals surface area contributed by atoms with Crippen LogP contribution in [0.2, 0.25) is 0 Å². The summed E-state index contributed by atoms with van der Waals surface area (Å²) in [7, 11) is 0. The maximum absolute atomic E-state index is 12.2. The van der Waals surface area contributed by atoms with Gasteiger partial charge in [0.05, 0.1) is 32.0 Å². The lowest BCUT2D eigenvalue weighted by molar-refractivity contribution is -0.359. The minimum Gasteiger partial charge on any atom is -0.394 e. The van der Waals surface area contributed by atoms with E-state index in [-0.39, 0.29) is 18.9 Å². The standard InChI is InChI=1S/C38H69NO13/c1-3-5-6-7-8-9-10-11-12-13-14-15-16-17-18-19-20-21-22-27(42)26(39-30(43)4-2)25-49-37-35(48)33(46)36(29(24-41)51-37)52-38-34(47)32(45)31(44)28(23-40)50-38/h17-18,21-22,26-29,31-38,40-42,44-48H,3-16,19-20,23-25H2,1-2H3,(H,39,43)/b18-17+,22-21+. The molecule has 0 aromatic heterocycles. The number of nitrogens with one attached hydrogen (secondary N) is 1. The Balaban J connectivity index is 1.76. The molecule has 0 saturated carbocycles. The molecule has 2 aliphatic rings. The normalized spacial score (nSPS) is 31.0. The summed E-state index contributed by atoms with van der Waals surface area (Å²) in [4.78, 5) is 12.2. The minimum absolute atomic E-state index is 0.155. The average molecular weight is 748 g/mol. The number of rotatable bonds is 27. The van der Waals surface area contributed by atoms with E-state index in [0.717, 1.165) is 12.8 Å². The highest BCUT2D eigenvalue weighted by atomic mass is 16.7. The predicted octanol–water partition coefficient (Wildman–Crippen LogP) is 1.87. The highest BCUT2D eigenvalue weighted by Gasteiger charge is 2.50. The molecular weight excluding hydrogens is 678 g/mol. The van der Waals surface area contributed by atoms with Crippen LogP contribution in [0.4, 0.5) is 0 Å². The van der Waals surface area contributed by atoms with E-state index in [9.17, 15) is 45.6 Å². The topological polar surface area (TPSA) is 228 Å². The number of allylic oxidation sites excluding steroid dienone is 3. The number of carbonyl (C=O) groups is 1. The first-order valence-corrected chi connectivity index (χ1v) is 19.6. The van der Waals surface area contributed by atoms with Gasteiger partial charge in [-0.3, -0.25) is 4.79 Å². The van der Waals surface area contributed by atoms with Gasteiger partial charge >= 0.3 is 0 Å². The zero-order valence-corrected chi connectivity index (χ0v) is 31.3. The molecule has 0 aromatic carbocycles. The molecule has 2 heterocycles. The lowest BCUT2D eigenvalue weighted by atomic mass is 9.97.